The fraction of sp³-hybridized carbons (Fsp3) is 0.200. The molecule has 2 amide bonds. The molecule has 1 saturated heterocycles. The first-order valence-corrected chi connectivity index (χ1v) is 11.2. The number of aryl methyl sites for hydroxylation is 1. The third kappa shape index (κ3) is 2.99. The van der Waals surface area contributed by atoms with Gasteiger partial charge in [-0.1, -0.05) is 36.4 Å². The molecule has 32 heavy (non-hydrogen) atoms. The Hall–Kier alpha value is -3.32. The molecule has 2 aliphatic rings. The largest absolute Gasteiger partial charge is 0.497 e. The number of para-hydroxylation sites is 1. The van der Waals surface area contributed by atoms with Crippen LogP contribution >= 0.6 is 11.8 Å². The third-order valence-corrected chi connectivity index (χ3v) is 7.34. The van der Waals surface area contributed by atoms with Crippen LogP contribution in [0.1, 0.15) is 16.7 Å². The Morgan fingerprint density at radius 3 is 2.66 bits per heavy atom. The van der Waals surface area contributed by atoms with Gasteiger partial charge in [0.15, 0.2) is 0 Å². The zero-order chi connectivity index (χ0) is 22.5. The van der Waals surface area contributed by atoms with Gasteiger partial charge in [-0.25, -0.2) is 4.39 Å². The van der Waals surface area contributed by atoms with Gasteiger partial charge in [0, 0.05) is 11.3 Å². The molecule has 0 aliphatic carbocycles. The normalized spacial score (nSPS) is 19.7. The lowest BCUT2D eigenvalue weighted by molar-refractivity contribution is -0.123. The van der Waals surface area contributed by atoms with Crippen molar-refractivity contribution >= 4 is 35.0 Å². The van der Waals surface area contributed by atoms with E-state index < -0.39 is 10.7 Å². The van der Waals surface area contributed by atoms with Crippen LogP contribution in [0.3, 0.4) is 0 Å². The molecule has 162 valence electrons. The summed E-state index contributed by atoms with van der Waals surface area (Å²) in [5.41, 5.74) is 3.27. The summed E-state index contributed by atoms with van der Waals surface area (Å²) in [4.78, 5) is 29.0. The van der Waals surface area contributed by atoms with Crippen LogP contribution in [0.15, 0.2) is 66.7 Å². The number of hydrogen-bond acceptors (Lipinski definition) is 4. The molecule has 1 atom stereocenters. The number of fused-ring (bicyclic) bond motifs is 2. The second-order valence-corrected chi connectivity index (χ2v) is 9.02. The summed E-state index contributed by atoms with van der Waals surface area (Å²) >= 11 is 1.28. The van der Waals surface area contributed by atoms with Gasteiger partial charge >= 0.3 is 0 Å². The summed E-state index contributed by atoms with van der Waals surface area (Å²) in [5.74, 6) is 0.0133. The maximum atomic E-state index is 14.4. The van der Waals surface area contributed by atoms with Crippen molar-refractivity contribution in [2.45, 2.75) is 18.3 Å². The van der Waals surface area contributed by atoms with Crippen LogP contribution in [-0.4, -0.2) is 24.7 Å². The van der Waals surface area contributed by atoms with E-state index in [4.69, 9.17) is 4.74 Å². The second kappa shape index (κ2) is 7.67. The number of amides is 2. The molecular weight excluding hydrogens is 427 g/mol. The molecule has 2 aliphatic heterocycles. The Kier molecular flexibility index (Phi) is 4.93. The third-order valence-electron chi connectivity index (χ3n) is 5.95. The van der Waals surface area contributed by atoms with Crippen molar-refractivity contribution < 1.29 is 18.7 Å². The van der Waals surface area contributed by atoms with Crippen molar-refractivity contribution in [3.05, 3.63) is 89.2 Å². The van der Waals surface area contributed by atoms with Crippen LogP contribution in [0.4, 0.5) is 15.8 Å². The Balaban J connectivity index is 1.63. The first kappa shape index (κ1) is 20.6. The number of rotatable bonds is 4. The number of halogens is 1. The average Bonchev–Trinajstić information content (AvgIpc) is 3.27. The number of nitrogens with zero attached hydrogens (tertiary/aromatic N) is 2. The Bertz CT molecular complexity index is 1250. The Morgan fingerprint density at radius 2 is 1.88 bits per heavy atom. The number of methoxy groups -OCH3 is 1. The fourth-order valence-electron chi connectivity index (χ4n) is 4.39. The molecule has 0 radical (unpaired) electrons. The molecule has 5 nitrogen and oxygen atoms in total. The summed E-state index contributed by atoms with van der Waals surface area (Å²) in [6, 6.07) is 19.7. The van der Waals surface area contributed by atoms with E-state index in [-0.39, 0.29) is 17.6 Å². The van der Waals surface area contributed by atoms with Crippen LogP contribution in [0.5, 0.6) is 5.75 Å². The van der Waals surface area contributed by atoms with Gasteiger partial charge in [-0.2, -0.15) is 0 Å². The average molecular weight is 449 g/mol. The van der Waals surface area contributed by atoms with Crippen LogP contribution in [0.2, 0.25) is 0 Å². The number of ether oxygens (including phenoxy) is 1. The lowest BCUT2D eigenvalue weighted by Crippen LogP contribution is -2.49. The quantitative estimate of drug-likeness (QED) is 0.584. The summed E-state index contributed by atoms with van der Waals surface area (Å²) < 4.78 is 19.7. The van der Waals surface area contributed by atoms with E-state index in [1.54, 1.807) is 31.1 Å². The monoisotopic (exact) mass is 448 g/mol. The lowest BCUT2D eigenvalue weighted by Gasteiger charge is -2.33. The first-order chi connectivity index (χ1) is 15.5. The molecule has 0 saturated carbocycles. The number of carbonyl (C=O) groups excluding carboxylic acids is 2. The zero-order valence-corrected chi connectivity index (χ0v) is 18.5. The molecular formula is C25H21FN2O3S. The van der Waals surface area contributed by atoms with E-state index >= 15 is 0 Å². The van der Waals surface area contributed by atoms with E-state index in [0.717, 1.165) is 16.8 Å². The first-order valence-electron chi connectivity index (χ1n) is 10.2. The fourth-order valence-corrected chi connectivity index (χ4v) is 5.75. The number of carbonyl (C=O) groups is 2. The van der Waals surface area contributed by atoms with Crippen molar-refractivity contribution in [2.24, 2.45) is 0 Å². The summed E-state index contributed by atoms with van der Waals surface area (Å²) in [7, 11) is 1.60. The van der Waals surface area contributed by atoms with E-state index in [1.165, 1.54) is 22.7 Å². The van der Waals surface area contributed by atoms with Crippen LogP contribution < -0.4 is 14.5 Å². The number of anilines is 2. The van der Waals surface area contributed by atoms with Crippen molar-refractivity contribution in [1.82, 2.24) is 0 Å². The molecule has 1 fully saturated rings. The molecule has 0 aromatic heterocycles. The molecule has 1 spiro atoms. The number of benzene rings is 3. The van der Waals surface area contributed by atoms with Gasteiger partial charge in [0.1, 0.15) is 11.6 Å². The van der Waals surface area contributed by atoms with Gasteiger partial charge in [-0.15, -0.1) is 11.8 Å². The molecule has 7 heteroatoms. The Morgan fingerprint density at radius 1 is 1.06 bits per heavy atom. The Labute approximate surface area is 189 Å². The maximum Gasteiger partial charge on any atom is 0.269 e. The van der Waals surface area contributed by atoms with Crippen molar-refractivity contribution in [3.8, 4) is 5.75 Å². The second-order valence-electron chi connectivity index (χ2n) is 7.86. The zero-order valence-electron chi connectivity index (χ0n) is 17.7. The highest BCUT2D eigenvalue weighted by molar-refractivity contribution is 8.02. The van der Waals surface area contributed by atoms with Crippen LogP contribution in [0.25, 0.3) is 0 Å². The van der Waals surface area contributed by atoms with Gasteiger partial charge in [0.2, 0.25) is 10.8 Å². The summed E-state index contributed by atoms with van der Waals surface area (Å²) in [6.45, 7) is 2.00. The molecule has 0 unspecified atom stereocenters. The molecule has 0 bridgehead atoms. The van der Waals surface area contributed by atoms with Crippen LogP contribution in [0, 0.1) is 12.7 Å². The smallest absolute Gasteiger partial charge is 0.269 e. The van der Waals surface area contributed by atoms with Gasteiger partial charge in [0.05, 0.1) is 25.1 Å². The molecule has 3 aromatic carbocycles. The van der Waals surface area contributed by atoms with Gasteiger partial charge in [0.25, 0.3) is 5.91 Å². The van der Waals surface area contributed by atoms with E-state index in [2.05, 4.69) is 0 Å². The minimum Gasteiger partial charge on any atom is -0.497 e. The van der Waals surface area contributed by atoms with Gasteiger partial charge in [-0.05, 0) is 48.4 Å². The van der Waals surface area contributed by atoms with Crippen LogP contribution in [-0.2, 0) is 21.0 Å². The number of thioether (sulfide) groups is 1. The standard InChI is InChI=1S/C25H21FN2O3S/c1-16-10-11-18(13-21(16)26)28-23(29)15-32-25(28)20-8-3-4-9-22(20)27(24(25)30)14-17-6-5-7-19(12-17)31-2/h3-13H,14-15H2,1-2H3/t25-/m1/s1. The predicted molar refractivity (Wildman–Crippen MR) is 123 cm³/mol. The summed E-state index contributed by atoms with van der Waals surface area (Å²) in [6.07, 6.45) is 0. The molecule has 0 N–H and O–H groups in total. The topological polar surface area (TPSA) is 49.9 Å². The van der Waals surface area contributed by atoms with E-state index in [0.29, 0.717) is 23.5 Å². The van der Waals surface area contributed by atoms with E-state index in [9.17, 15) is 14.0 Å². The lowest BCUT2D eigenvalue weighted by atomic mass is 10.0. The number of hydrogen-bond donors (Lipinski definition) is 0. The highest BCUT2D eigenvalue weighted by Crippen LogP contribution is 2.56. The highest BCUT2D eigenvalue weighted by atomic mass is 32.2. The molecule has 2 heterocycles. The molecule has 5 rings (SSSR count). The minimum atomic E-state index is -1.26. The predicted octanol–water partition coefficient (Wildman–Crippen LogP) is 4.62. The van der Waals surface area contributed by atoms with E-state index in [1.807, 2.05) is 48.5 Å². The van der Waals surface area contributed by atoms with Crippen molar-refractivity contribution in [1.29, 1.82) is 0 Å². The maximum absolute atomic E-state index is 14.4. The highest BCUT2D eigenvalue weighted by Gasteiger charge is 2.60. The SMILES string of the molecule is COc1cccc(CN2C(=O)[C@]3(SCC(=O)N3c3ccc(C)c(F)c3)c3ccccc32)c1. The van der Waals surface area contributed by atoms with Gasteiger partial charge < -0.3 is 9.64 Å². The van der Waals surface area contributed by atoms with Crippen molar-refractivity contribution in [3.63, 3.8) is 0 Å². The van der Waals surface area contributed by atoms with Gasteiger partial charge in [-0.3, -0.25) is 14.5 Å². The summed E-state index contributed by atoms with van der Waals surface area (Å²) in [5, 5.41) is 0. The molecule has 3 aromatic rings. The minimum absolute atomic E-state index is 0.141. The van der Waals surface area contributed by atoms with Crippen molar-refractivity contribution in [2.75, 3.05) is 22.7 Å².